The Bertz CT molecular complexity index is 1120. The lowest BCUT2D eigenvalue weighted by atomic mass is 10.2. The standard InChI is InChI=1S/C21H13F3N2O2S/c22-21(23,24)14-6-4-9-16(12-14)25-11-5-10-17(25)13-18-19(27)26(20(28)29-18)15-7-2-1-3-8-15/h1-13H/b18-13-. The van der Waals surface area contributed by atoms with Crippen LogP contribution in [0, 0.1) is 0 Å². The third kappa shape index (κ3) is 3.71. The highest BCUT2D eigenvalue weighted by Crippen LogP contribution is 2.36. The van der Waals surface area contributed by atoms with Crippen LogP contribution in [0.4, 0.5) is 23.7 Å². The zero-order valence-electron chi connectivity index (χ0n) is 14.8. The maximum Gasteiger partial charge on any atom is 0.416 e. The van der Waals surface area contributed by atoms with Gasteiger partial charge in [-0.1, -0.05) is 24.3 Å². The van der Waals surface area contributed by atoms with Crippen LogP contribution in [-0.2, 0) is 11.0 Å². The number of hydrogen-bond acceptors (Lipinski definition) is 3. The molecule has 1 aliphatic heterocycles. The van der Waals surface area contributed by atoms with E-state index in [0.29, 0.717) is 17.1 Å². The summed E-state index contributed by atoms with van der Waals surface area (Å²) >= 11 is 0.791. The fraction of sp³-hybridized carbons (Fsp3) is 0.0476. The van der Waals surface area contributed by atoms with E-state index in [2.05, 4.69) is 0 Å². The van der Waals surface area contributed by atoms with Gasteiger partial charge >= 0.3 is 6.18 Å². The van der Waals surface area contributed by atoms with Crippen molar-refractivity contribution in [2.24, 2.45) is 0 Å². The average Bonchev–Trinajstić information content (AvgIpc) is 3.26. The molecule has 0 bridgehead atoms. The van der Waals surface area contributed by atoms with Crippen LogP contribution in [0.3, 0.4) is 0 Å². The normalized spacial score (nSPS) is 16.1. The minimum Gasteiger partial charge on any atom is -0.317 e. The van der Waals surface area contributed by atoms with E-state index in [4.69, 9.17) is 0 Å². The van der Waals surface area contributed by atoms with Crippen LogP contribution in [0.1, 0.15) is 11.3 Å². The van der Waals surface area contributed by atoms with Crippen LogP contribution in [0.5, 0.6) is 0 Å². The Balaban J connectivity index is 1.69. The van der Waals surface area contributed by atoms with Crippen molar-refractivity contribution in [1.82, 2.24) is 4.57 Å². The van der Waals surface area contributed by atoms with Crippen molar-refractivity contribution in [3.05, 3.63) is 89.1 Å². The van der Waals surface area contributed by atoms with Gasteiger partial charge in [0, 0.05) is 17.6 Å². The highest BCUT2D eigenvalue weighted by Gasteiger charge is 2.36. The second-order valence-electron chi connectivity index (χ2n) is 6.20. The number of thioether (sulfide) groups is 1. The van der Waals surface area contributed by atoms with E-state index in [1.807, 2.05) is 0 Å². The molecule has 3 aromatic rings. The molecule has 2 aromatic carbocycles. The van der Waals surface area contributed by atoms with E-state index in [9.17, 15) is 22.8 Å². The molecule has 1 aliphatic rings. The van der Waals surface area contributed by atoms with Crippen LogP contribution in [0.2, 0.25) is 0 Å². The number of carbonyl (C=O) groups excluding carboxylic acids is 2. The number of carbonyl (C=O) groups is 2. The lowest BCUT2D eigenvalue weighted by molar-refractivity contribution is -0.137. The largest absolute Gasteiger partial charge is 0.416 e. The van der Waals surface area contributed by atoms with E-state index in [1.54, 1.807) is 54.7 Å². The van der Waals surface area contributed by atoms with Crippen LogP contribution in [0.25, 0.3) is 11.8 Å². The molecule has 0 unspecified atom stereocenters. The summed E-state index contributed by atoms with van der Waals surface area (Å²) in [5.74, 6) is -0.469. The highest BCUT2D eigenvalue weighted by atomic mass is 32.2. The Morgan fingerprint density at radius 3 is 2.31 bits per heavy atom. The van der Waals surface area contributed by atoms with Crippen LogP contribution in [-0.4, -0.2) is 15.7 Å². The Morgan fingerprint density at radius 1 is 0.862 bits per heavy atom. The molecule has 1 aromatic heterocycles. The zero-order valence-corrected chi connectivity index (χ0v) is 15.6. The highest BCUT2D eigenvalue weighted by molar-refractivity contribution is 8.19. The van der Waals surface area contributed by atoms with Crippen LogP contribution < -0.4 is 4.90 Å². The van der Waals surface area contributed by atoms with Gasteiger partial charge in [-0.05, 0) is 60.3 Å². The van der Waals surface area contributed by atoms with Crippen molar-refractivity contribution in [2.45, 2.75) is 6.18 Å². The number of para-hydroxylation sites is 1. The smallest absolute Gasteiger partial charge is 0.317 e. The number of halogens is 3. The molecule has 0 aliphatic carbocycles. The van der Waals surface area contributed by atoms with E-state index < -0.39 is 22.9 Å². The summed E-state index contributed by atoms with van der Waals surface area (Å²) in [6.45, 7) is 0. The molecular weight excluding hydrogens is 401 g/mol. The topological polar surface area (TPSA) is 42.3 Å². The third-order valence-corrected chi connectivity index (χ3v) is 5.19. The molecule has 4 rings (SSSR count). The number of nitrogens with zero attached hydrogens (tertiary/aromatic N) is 2. The van der Waals surface area contributed by atoms with Gasteiger partial charge in [0.15, 0.2) is 0 Å². The number of imide groups is 1. The maximum atomic E-state index is 13.0. The summed E-state index contributed by atoms with van der Waals surface area (Å²) in [7, 11) is 0. The Kier molecular flexibility index (Phi) is 4.79. The fourth-order valence-corrected chi connectivity index (χ4v) is 3.81. The number of benzene rings is 2. The molecule has 0 atom stereocenters. The summed E-state index contributed by atoms with van der Waals surface area (Å²) in [5.41, 5.74) is 0.493. The first kappa shape index (κ1) is 19.1. The molecular formula is C21H13F3N2O2S. The maximum absolute atomic E-state index is 13.0. The second kappa shape index (κ2) is 7.29. The second-order valence-corrected chi connectivity index (χ2v) is 7.20. The first-order valence-electron chi connectivity index (χ1n) is 8.52. The van der Waals surface area contributed by atoms with Gasteiger partial charge in [0.05, 0.1) is 16.2 Å². The van der Waals surface area contributed by atoms with Crippen molar-refractivity contribution < 1.29 is 22.8 Å². The molecule has 8 heteroatoms. The van der Waals surface area contributed by atoms with Gasteiger partial charge in [-0.3, -0.25) is 9.59 Å². The number of anilines is 1. The quantitative estimate of drug-likeness (QED) is 0.514. The number of alkyl halides is 3. The summed E-state index contributed by atoms with van der Waals surface area (Å²) in [6.07, 6.45) is -1.35. The van der Waals surface area contributed by atoms with Crippen LogP contribution in [0.15, 0.2) is 77.8 Å². The summed E-state index contributed by atoms with van der Waals surface area (Å²) in [5, 5.41) is -0.426. The van der Waals surface area contributed by atoms with Gasteiger partial charge in [-0.2, -0.15) is 13.2 Å². The average molecular weight is 414 g/mol. The van der Waals surface area contributed by atoms with E-state index >= 15 is 0 Å². The lowest BCUT2D eigenvalue weighted by Gasteiger charge is -2.12. The predicted molar refractivity (Wildman–Crippen MR) is 106 cm³/mol. The molecule has 2 amide bonds. The Morgan fingerprint density at radius 2 is 1.59 bits per heavy atom. The third-order valence-electron chi connectivity index (χ3n) is 4.32. The van der Waals surface area contributed by atoms with E-state index in [0.717, 1.165) is 28.8 Å². The predicted octanol–water partition coefficient (Wildman–Crippen LogP) is 5.74. The molecule has 2 heterocycles. The van der Waals surface area contributed by atoms with E-state index in [1.165, 1.54) is 16.7 Å². The van der Waals surface area contributed by atoms with Crippen molar-refractivity contribution in [2.75, 3.05) is 4.90 Å². The first-order chi connectivity index (χ1) is 13.8. The van der Waals surface area contributed by atoms with Crippen molar-refractivity contribution in [3.63, 3.8) is 0 Å². The van der Waals surface area contributed by atoms with Gasteiger partial charge in [0.25, 0.3) is 11.1 Å². The zero-order chi connectivity index (χ0) is 20.6. The van der Waals surface area contributed by atoms with E-state index in [-0.39, 0.29) is 4.91 Å². The van der Waals surface area contributed by atoms with Gasteiger partial charge in [-0.15, -0.1) is 0 Å². The summed E-state index contributed by atoms with van der Waals surface area (Å²) < 4.78 is 40.6. The van der Waals surface area contributed by atoms with Crippen molar-refractivity contribution in [1.29, 1.82) is 0 Å². The van der Waals surface area contributed by atoms with Gasteiger partial charge in [0.2, 0.25) is 0 Å². The first-order valence-corrected chi connectivity index (χ1v) is 9.34. The van der Waals surface area contributed by atoms with Crippen molar-refractivity contribution >= 4 is 34.7 Å². The molecule has 0 spiro atoms. The van der Waals surface area contributed by atoms with Crippen LogP contribution >= 0.6 is 11.8 Å². The minimum absolute atomic E-state index is 0.200. The molecule has 29 heavy (non-hydrogen) atoms. The molecule has 0 radical (unpaired) electrons. The Hall–Kier alpha value is -3.26. The lowest BCUT2D eigenvalue weighted by Crippen LogP contribution is -2.27. The van der Waals surface area contributed by atoms with Gasteiger partial charge in [-0.25, -0.2) is 4.90 Å². The summed E-state index contributed by atoms with van der Waals surface area (Å²) in [4.78, 5) is 26.3. The number of hydrogen-bond donors (Lipinski definition) is 0. The molecule has 1 fully saturated rings. The molecule has 1 saturated heterocycles. The SMILES string of the molecule is O=C1S/C(=C\c2cccn2-c2cccc(C(F)(F)F)c2)C(=O)N1c1ccccc1. The molecule has 0 saturated carbocycles. The fourth-order valence-electron chi connectivity index (χ4n) is 2.98. The molecule has 146 valence electrons. The number of amides is 2. The number of rotatable bonds is 3. The minimum atomic E-state index is -4.46. The number of aromatic nitrogens is 1. The van der Waals surface area contributed by atoms with Crippen molar-refractivity contribution in [3.8, 4) is 5.69 Å². The monoisotopic (exact) mass is 414 g/mol. The molecule has 4 nitrogen and oxygen atoms in total. The Labute approximate surface area is 168 Å². The molecule has 0 N–H and O–H groups in total. The summed E-state index contributed by atoms with van der Waals surface area (Å²) in [6, 6.07) is 16.8. The van der Waals surface area contributed by atoms with Gasteiger partial charge in [0.1, 0.15) is 0 Å². The van der Waals surface area contributed by atoms with Gasteiger partial charge < -0.3 is 4.57 Å².